The maximum atomic E-state index is 14.3. The van der Waals surface area contributed by atoms with Gasteiger partial charge >= 0.3 is 12.2 Å². The summed E-state index contributed by atoms with van der Waals surface area (Å²) in [7, 11) is 0. The molecule has 160 valence electrons. The molecule has 0 radical (unpaired) electrons. The number of halogens is 1. The first-order chi connectivity index (χ1) is 14.6. The Morgan fingerprint density at radius 3 is 2.77 bits per heavy atom. The third-order valence-electron chi connectivity index (χ3n) is 4.41. The van der Waals surface area contributed by atoms with Crippen molar-refractivity contribution in [3.63, 3.8) is 0 Å². The molecule has 1 aliphatic heterocycles. The standard InChI is InChI=1S/C20H24FN5O4/c21-17-10-15(6-7-18(17)23-8-9-25-22)26-12-16(30-20(26)28)11-24-19(27)29-13-14-4-2-1-3-5-14/h1-7,10,16,23,25H,8-9,11-13,22H2,(H,24,27)/t16-/m0/s1. The Morgan fingerprint density at radius 1 is 1.23 bits per heavy atom. The van der Waals surface area contributed by atoms with Crippen LogP contribution in [0.15, 0.2) is 48.5 Å². The summed E-state index contributed by atoms with van der Waals surface area (Å²) < 4.78 is 24.6. The number of alkyl carbamates (subject to hydrolysis) is 1. The molecule has 5 N–H and O–H groups in total. The van der Waals surface area contributed by atoms with Crippen molar-refractivity contribution < 1.29 is 23.5 Å². The molecular weight excluding hydrogens is 393 g/mol. The van der Waals surface area contributed by atoms with Crippen LogP contribution in [0, 0.1) is 5.82 Å². The first kappa shape index (κ1) is 21.3. The number of hydrogen-bond acceptors (Lipinski definition) is 7. The minimum atomic E-state index is -0.609. The Kier molecular flexibility index (Phi) is 7.41. The molecule has 1 fully saturated rings. The summed E-state index contributed by atoms with van der Waals surface area (Å²) in [6.45, 7) is 1.34. The van der Waals surface area contributed by atoms with Crippen LogP contribution < -0.4 is 26.8 Å². The predicted octanol–water partition coefficient (Wildman–Crippen LogP) is 1.95. The zero-order chi connectivity index (χ0) is 21.3. The Labute approximate surface area is 173 Å². The van der Waals surface area contributed by atoms with Crippen molar-refractivity contribution in [1.82, 2.24) is 10.7 Å². The Bertz CT molecular complexity index is 868. The van der Waals surface area contributed by atoms with Gasteiger partial charge in [-0.2, -0.15) is 0 Å². The topological polar surface area (TPSA) is 118 Å². The molecule has 10 heteroatoms. The van der Waals surface area contributed by atoms with Crippen molar-refractivity contribution in [2.75, 3.05) is 36.4 Å². The second-order valence-corrected chi connectivity index (χ2v) is 6.60. The van der Waals surface area contributed by atoms with Gasteiger partial charge in [0.1, 0.15) is 18.5 Å². The average Bonchev–Trinajstić information content (AvgIpc) is 3.13. The van der Waals surface area contributed by atoms with Crippen molar-refractivity contribution in [3.05, 3.63) is 59.9 Å². The number of nitrogens with two attached hydrogens (primary N) is 1. The van der Waals surface area contributed by atoms with Gasteiger partial charge in [-0.15, -0.1) is 0 Å². The predicted molar refractivity (Wildman–Crippen MR) is 109 cm³/mol. The van der Waals surface area contributed by atoms with Crippen LogP contribution >= 0.6 is 0 Å². The Balaban J connectivity index is 1.47. The highest BCUT2D eigenvalue weighted by Gasteiger charge is 2.33. The van der Waals surface area contributed by atoms with Gasteiger partial charge < -0.3 is 20.1 Å². The number of hydrazine groups is 1. The van der Waals surface area contributed by atoms with Gasteiger partial charge in [0.25, 0.3) is 0 Å². The van der Waals surface area contributed by atoms with Crippen molar-refractivity contribution in [2.45, 2.75) is 12.7 Å². The summed E-state index contributed by atoms with van der Waals surface area (Å²) in [6.07, 6.45) is -1.79. The number of nitrogens with zero attached hydrogens (tertiary/aromatic N) is 1. The number of cyclic esters (lactones) is 1. The van der Waals surface area contributed by atoms with Crippen molar-refractivity contribution in [1.29, 1.82) is 0 Å². The SMILES string of the molecule is NNCCNc1ccc(N2C[C@H](CNC(=O)OCc3ccccc3)OC2=O)cc1F. The van der Waals surface area contributed by atoms with E-state index >= 15 is 0 Å². The first-order valence-electron chi connectivity index (χ1n) is 9.46. The molecule has 2 amide bonds. The quantitative estimate of drug-likeness (QED) is 0.280. The lowest BCUT2D eigenvalue weighted by atomic mass is 10.2. The van der Waals surface area contributed by atoms with Gasteiger partial charge in [0.15, 0.2) is 0 Å². The lowest BCUT2D eigenvalue weighted by Crippen LogP contribution is -2.34. The summed E-state index contributed by atoms with van der Waals surface area (Å²) in [5.74, 6) is 4.68. The molecule has 0 spiro atoms. The lowest BCUT2D eigenvalue weighted by Gasteiger charge is -2.15. The number of amides is 2. The van der Waals surface area contributed by atoms with E-state index in [1.54, 1.807) is 12.1 Å². The number of anilines is 2. The number of ether oxygens (including phenoxy) is 2. The van der Waals surface area contributed by atoms with Crippen LogP contribution in [0.2, 0.25) is 0 Å². The molecule has 3 rings (SSSR count). The summed E-state index contributed by atoms with van der Waals surface area (Å²) in [5, 5.41) is 5.47. The molecular formula is C20H24FN5O4. The zero-order valence-corrected chi connectivity index (χ0v) is 16.3. The number of carbonyl (C=O) groups excluding carboxylic acids is 2. The number of hydrogen-bond donors (Lipinski definition) is 4. The lowest BCUT2D eigenvalue weighted by molar-refractivity contribution is 0.121. The molecule has 0 aliphatic carbocycles. The average molecular weight is 417 g/mol. The highest BCUT2D eigenvalue weighted by molar-refractivity contribution is 5.90. The largest absolute Gasteiger partial charge is 0.445 e. The van der Waals surface area contributed by atoms with Gasteiger partial charge in [0.2, 0.25) is 0 Å². The molecule has 0 aromatic heterocycles. The van der Waals surface area contributed by atoms with Crippen molar-refractivity contribution in [2.24, 2.45) is 5.84 Å². The molecule has 1 atom stereocenters. The van der Waals surface area contributed by atoms with Crippen LogP contribution in [0.3, 0.4) is 0 Å². The zero-order valence-electron chi connectivity index (χ0n) is 16.3. The van der Waals surface area contributed by atoms with Gasteiger partial charge in [-0.3, -0.25) is 16.2 Å². The molecule has 0 saturated carbocycles. The fourth-order valence-electron chi connectivity index (χ4n) is 2.89. The molecule has 1 aliphatic rings. The fourth-order valence-corrected chi connectivity index (χ4v) is 2.89. The van der Waals surface area contributed by atoms with E-state index in [4.69, 9.17) is 15.3 Å². The number of rotatable bonds is 9. The molecule has 2 aromatic rings. The first-order valence-corrected chi connectivity index (χ1v) is 9.46. The maximum absolute atomic E-state index is 14.3. The van der Waals surface area contributed by atoms with E-state index in [9.17, 15) is 14.0 Å². The summed E-state index contributed by atoms with van der Waals surface area (Å²) >= 11 is 0. The molecule has 2 aromatic carbocycles. The summed E-state index contributed by atoms with van der Waals surface area (Å²) in [5.41, 5.74) is 4.01. The number of carbonyl (C=O) groups is 2. The van der Waals surface area contributed by atoms with E-state index in [0.717, 1.165) is 5.56 Å². The molecule has 0 bridgehead atoms. The van der Waals surface area contributed by atoms with Gasteiger partial charge in [-0.1, -0.05) is 30.3 Å². The normalized spacial score (nSPS) is 15.6. The van der Waals surface area contributed by atoms with Crippen LogP contribution in [0.4, 0.5) is 25.4 Å². The van der Waals surface area contributed by atoms with Gasteiger partial charge in [0, 0.05) is 13.1 Å². The highest BCUT2D eigenvalue weighted by Crippen LogP contribution is 2.25. The fraction of sp³-hybridized carbons (Fsp3) is 0.300. The van der Waals surface area contributed by atoms with E-state index < -0.39 is 24.1 Å². The number of nitrogens with one attached hydrogen (secondary N) is 3. The van der Waals surface area contributed by atoms with Gasteiger partial charge in [-0.25, -0.2) is 14.0 Å². The minimum Gasteiger partial charge on any atom is -0.445 e. The Hall–Kier alpha value is -3.37. The smallest absolute Gasteiger partial charge is 0.414 e. The van der Waals surface area contributed by atoms with Gasteiger partial charge in [0.05, 0.1) is 24.5 Å². The van der Waals surface area contributed by atoms with Crippen LogP contribution in [-0.4, -0.2) is 44.5 Å². The molecule has 30 heavy (non-hydrogen) atoms. The van der Waals surface area contributed by atoms with E-state index in [-0.39, 0.29) is 19.7 Å². The summed E-state index contributed by atoms with van der Waals surface area (Å²) in [6, 6.07) is 13.7. The van der Waals surface area contributed by atoms with Crippen molar-refractivity contribution >= 4 is 23.6 Å². The molecule has 9 nitrogen and oxygen atoms in total. The monoisotopic (exact) mass is 417 g/mol. The summed E-state index contributed by atoms with van der Waals surface area (Å²) in [4.78, 5) is 25.3. The molecule has 1 heterocycles. The van der Waals surface area contributed by atoms with Crippen LogP contribution in [0.5, 0.6) is 0 Å². The molecule has 0 unspecified atom stereocenters. The number of benzene rings is 2. The van der Waals surface area contributed by atoms with Crippen LogP contribution in [0.1, 0.15) is 5.56 Å². The third-order valence-corrected chi connectivity index (χ3v) is 4.41. The minimum absolute atomic E-state index is 0.0874. The van der Waals surface area contributed by atoms with Crippen LogP contribution in [-0.2, 0) is 16.1 Å². The van der Waals surface area contributed by atoms with E-state index in [1.807, 2.05) is 30.3 Å². The van der Waals surface area contributed by atoms with E-state index in [1.165, 1.54) is 11.0 Å². The molecule has 1 saturated heterocycles. The highest BCUT2D eigenvalue weighted by atomic mass is 19.1. The van der Waals surface area contributed by atoms with E-state index in [2.05, 4.69) is 16.1 Å². The Morgan fingerprint density at radius 2 is 2.03 bits per heavy atom. The van der Waals surface area contributed by atoms with Crippen LogP contribution in [0.25, 0.3) is 0 Å². The second kappa shape index (κ2) is 10.4. The maximum Gasteiger partial charge on any atom is 0.414 e. The van der Waals surface area contributed by atoms with Crippen molar-refractivity contribution in [3.8, 4) is 0 Å². The third kappa shape index (κ3) is 5.82. The van der Waals surface area contributed by atoms with E-state index in [0.29, 0.717) is 24.5 Å². The van der Waals surface area contributed by atoms with Gasteiger partial charge in [-0.05, 0) is 23.8 Å². The second-order valence-electron chi connectivity index (χ2n) is 6.60.